The number of hydrogen-bond donors (Lipinski definition) is 2. The Morgan fingerprint density at radius 2 is 2.15 bits per heavy atom. The van der Waals surface area contributed by atoms with Crippen LogP contribution in [-0.4, -0.2) is 11.3 Å². The molecule has 1 aliphatic rings. The SMILES string of the molecule is C=CCC(/C=C(/C)N)Cc1c(C(=C)C)c(N)nc2c1=CC(C=O)CC=2C. The van der Waals surface area contributed by atoms with E-state index in [1.54, 1.807) is 0 Å². The fraction of sp³-hybridized carbons (Fsp3) is 0.364. The van der Waals surface area contributed by atoms with Gasteiger partial charge in [0.25, 0.3) is 0 Å². The molecular weight excluding hydrogens is 322 g/mol. The summed E-state index contributed by atoms with van der Waals surface area (Å²) in [5.41, 5.74) is 16.9. The molecule has 0 amide bonds. The zero-order chi connectivity index (χ0) is 19.4. The number of nitrogen functional groups attached to an aromatic ring is 1. The van der Waals surface area contributed by atoms with Gasteiger partial charge in [-0.25, -0.2) is 4.98 Å². The molecule has 4 nitrogen and oxygen atoms in total. The van der Waals surface area contributed by atoms with E-state index in [1.165, 1.54) is 0 Å². The van der Waals surface area contributed by atoms with E-state index in [2.05, 4.69) is 24.2 Å². The molecule has 1 heterocycles. The van der Waals surface area contributed by atoms with E-state index in [0.29, 0.717) is 12.2 Å². The summed E-state index contributed by atoms with van der Waals surface area (Å²) in [4.78, 5) is 16.1. The van der Waals surface area contributed by atoms with Gasteiger partial charge in [0.2, 0.25) is 0 Å². The van der Waals surface area contributed by atoms with Gasteiger partial charge in [0.1, 0.15) is 12.1 Å². The topological polar surface area (TPSA) is 82.0 Å². The number of nitrogens with zero attached hydrogens (tertiary/aromatic N) is 1. The first-order chi connectivity index (χ1) is 12.3. The fourth-order valence-electron chi connectivity index (χ4n) is 3.73. The molecule has 1 aliphatic carbocycles. The van der Waals surface area contributed by atoms with Crippen LogP contribution in [0.5, 0.6) is 0 Å². The molecule has 4 heteroatoms. The highest BCUT2D eigenvalue weighted by molar-refractivity contribution is 5.76. The van der Waals surface area contributed by atoms with Crippen molar-refractivity contribution >= 4 is 29.3 Å². The molecule has 0 bridgehead atoms. The van der Waals surface area contributed by atoms with Gasteiger partial charge in [-0.2, -0.15) is 0 Å². The summed E-state index contributed by atoms with van der Waals surface area (Å²) in [6, 6.07) is 0. The van der Waals surface area contributed by atoms with Crippen LogP contribution in [0.1, 0.15) is 44.7 Å². The van der Waals surface area contributed by atoms with Gasteiger partial charge >= 0.3 is 0 Å². The third-order valence-electron chi connectivity index (χ3n) is 4.73. The van der Waals surface area contributed by atoms with Crippen molar-refractivity contribution in [2.45, 2.75) is 40.0 Å². The number of allylic oxidation sites excluding steroid dienone is 4. The Morgan fingerprint density at radius 3 is 2.69 bits per heavy atom. The number of pyridine rings is 1. The van der Waals surface area contributed by atoms with E-state index in [1.807, 2.05) is 32.9 Å². The molecule has 4 N–H and O–H groups in total. The molecule has 0 fully saturated rings. The van der Waals surface area contributed by atoms with Crippen LogP contribution in [0.2, 0.25) is 0 Å². The van der Waals surface area contributed by atoms with Gasteiger partial charge < -0.3 is 16.3 Å². The molecule has 2 rings (SSSR count). The summed E-state index contributed by atoms with van der Waals surface area (Å²) < 4.78 is 0. The van der Waals surface area contributed by atoms with Crippen molar-refractivity contribution in [3.63, 3.8) is 0 Å². The number of nitrogens with two attached hydrogens (primary N) is 2. The third kappa shape index (κ3) is 4.13. The molecule has 26 heavy (non-hydrogen) atoms. The van der Waals surface area contributed by atoms with E-state index in [9.17, 15) is 4.79 Å². The van der Waals surface area contributed by atoms with Gasteiger partial charge in [0.05, 0.1) is 5.35 Å². The average Bonchev–Trinajstić information content (AvgIpc) is 2.54. The third-order valence-corrected chi connectivity index (χ3v) is 4.73. The smallest absolute Gasteiger partial charge is 0.131 e. The molecule has 2 atom stereocenters. The molecule has 138 valence electrons. The zero-order valence-corrected chi connectivity index (χ0v) is 16.0. The lowest BCUT2D eigenvalue weighted by atomic mass is 9.86. The Kier molecular flexibility index (Phi) is 6.19. The quantitative estimate of drug-likeness (QED) is 0.584. The van der Waals surface area contributed by atoms with Gasteiger partial charge in [0.15, 0.2) is 0 Å². The van der Waals surface area contributed by atoms with Crippen molar-refractivity contribution in [1.82, 2.24) is 4.98 Å². The molecule has 0 saturated heterocycles. The predicted molar refractivity (Wildman–Crippen MR) is 110 cm³/mol. The number of fused-ring (bicyclic) bond motifs is 1. The van der Waals surface area contributed by atoms with Crippen LogP contribution in [0.3, 0.4) is 0 Å². The number of anilines is 1. The summed E-state index contributed by atoms with van der Waals surface area (Å²) in [5.74, 6) is 0.565. The number of aldehydes is 1. The van der Waals surface area contributed by atoms with Crippen LogP contribution in [0.25, 0.3) is 17.2 Å². The van der Waals surface area contributed by atoms with E-state index in [-0.39, 0.29) is 11.8 Å². The standard InChI is InChI=1S/C22H29N3O/c1-6-7-16(9-15(5)23)10-18-19-11-17(12-26)8-14(4)21(19)25-22(24)20(18)13(2)3/h6,9,11-12,16-17H,1-2,7-8,10,23H2,3-5H3,(H2,24,25)/b15-9-. The summed E-state index contributed by atoms with van der Waals surface area (Å²) in [6.07, 6.45) is 9.22. The van der Waals surface area contributed by atoms with Gasteiger partial charge in [0, 0.05) is 22.4 Å². The predicted octanol–water partition coefficient (Wildman–Crippen LogP) is 2.46. The van der Waals surface area contributed by atoms with Crippen molar-refractivity contribution in [3.05, 3.63) is 52.7 Å². The molecule has 0 radical (unpaired) electrons. The Hall–Kier alpha value is -2.62. The highest BCUT2D eigenvalue weighted by Crippen LogP contribution is 2.25. The molecule has 1 aromatic rings. The molecule has 2 unspecified atom stereocenters. The second-order valence-corrected chi connectivity index (χ2v) is 7.24. The monoisotopic (exact) mass is 351 g/mol. The van der Waals surface area contributed by atoms with Crippen LogP contribution in [0.15, 0.2) is 31.0 Å². The lowest BCUT2D eigenvalue weighted by molar-refractivity contribution is -0.109. The van der Waals surface area contributed by atoms with E-state index >= 15 is 0 Å². The number of hydrogen-bond acceptors (Lipinski definition) is 4. The minimum Gasteiger partial charge on any atom is -0.403 e. The summed E-state index contributed by atoms with van der Waals surface area (Å²) in [5, 5.41) is 1.90. The largest absolute Gasteiger partial charge is 0.403 e. The first-order valence-electron chi connectivity index (χ1n) is 8.94. The maximum atomic E-state index is 11.4. The molecular formula is C22H29N3O. The number of carbonyl (C=O) groups excluding carboxylic acids is 1. The fourth-order valence-corrected chi connectivity index (χ4v) is 3.73. The second kappa shape index (κ2) is 8.17. The van der Waals surface area contributed by atoms with Gasteiger partial charge in [-0.3, -0.25) is 0 Å². The summed E-state index contributed by atoms with van der Waals surface area (Å²) in [7, 11) is 0. The highest BCUT2D eigenvalue weighted by atomic mass is 16.1. The highest BCUT2D eigenvalue weighted by Gasteiger charge is 2.20. The minimum absolute atomic E-state index is 0.130. The van der Waals surface area contributed by atoms with Gasteiger partial charge in [-0.15, -0.1) is 6.58 Å². The van der Waals surface area contributed by atoms with Crippen molar-refractivity contribution in [2.24, 2.45) is 17.6 Å². The number of aromatic nitrogens is 1. The van der Waals surface area contributed by atoms with Crippen LogP contribution >= 0.6 is 0 Å². The molecule has 0 aliphatic heterocycles. The van der Waals surface area contributed by atoms with Gasteiger partial charge in [-0.1, -0.05) is 24.8 Å². The number of rotatable bonds is 7. The maximum Gasteiger partial charge on any atom is 0.131 e. The summed E-state index contributed by atoms with van der Waals surface area (Å²) in [6.45, 7) is 13.8. The van der Waals surface area contributed by atoms with Crippen molar-refractivity contribution in [2.75, 3.05) is 5.73 Å². The Bertz CT molecular complexity index is 889. The first-order valence-corrected chi connectivity index (χ1v) is 8.94. The Balaban J connectivity index is 2.79. The zero-order valence-electron chi connectivity index (χ0n) is 16.0. The van der Waals surface area contributed by atoms with Crippen molar-refractivity contribution < 1.29 is 4.79 Å². The lowest BCUT2D eigenvalue weighted by Gasteiger charge is -2.21. The maximum absolute atomic E-state index is 11.4. The first kappa shape index (κ1) is 19.7. The Morgan fingerprint density at radius 1 is 1.46 bits per heavy atom. The van der Waals surface area contributed by atoms with Gasteiger partial charge in [-0.05, 0) is 62.7 Å². The van der Waals surface area contributed by atoms with Crippen LogP contribution < -0.4 is 22.0 Å². The van der Waals surface area contributed by atoms with E-state index in [4.69, 9.17) is 11.5 Å². The van der Waals surface area contributed by atoms with E-state index < -0.39 is 0 Å². The van der Waals surface area contributed by atoms with Crippen molar-refractivity contribution in [3.8, 4) is 0 Å². The normalized spacial score (nSPS) is 17.9. The van der Waals surface area contributed by atoms with E-state index in [0.717, 1.165) is 57.7 Å². The molecule has 0 spiro atoms. The van der Waals surface area contributed by atoms with Crippen LogP contribution in [-0.2, 0) is 11.2 Å². The lowest BCUT2D eigenvalue weighted by Crippen LogP contribution is -2.40. The number of carbonyl (C=O) groups is 1. The molecule has 1 aromatic heterocycles. The van der Waals surface area contributed by atoms with Crippen LogP contribution in [0.4, 0.5) is 5.82 Å². The van der Waals surface area contributed by atoms with Crippen molar-refractivity contribution in [1.29, 1.82) is 0 Å². The molecule has 0 saturated carbocycles. The Labute approximate surface area is 155 Å². The average molecular weight is 351 g/mol. The minimum atomic E-state index is -0.130. The van der Waals surface area contributed by atoms with Crippen LogP contribution in [0, 0.1) is 11.8 Å². The summed E-state index contributed by atoms with van der Waals surface area (Å²) >= 11 is 0. The second-order valence-electron chi connectivity index (χ2n) is 7.24. The molecule has 0 aromatic carbocycles.